The van der Waals surface area contributed by atoms with Gasteiger partial charge in [0, 0.05) is 37.4 Å². The second-order valence-electron chi connectivity index (χ2n) is 6.63. The molecule has 1 aliphatic heterocycles. The molecule has 5 nitrogen and oxygen atoms in total. The van der Waals surface area contributed by atoms with E-state index in [9.17, 15) is 9.90 Å². The minimum absolute atomic E-state index is 0.122. The van der Waals surface area contributed by atoms with Gasteiger partial charge in [-0.25, -0.2) is 0 Å². The topological polar surface area (TPSA) is 78.6 Å². The number of likely N-dealkylation sites (tertiary alicyclic amines) is 1. The van der Waals surface area contributed by atoms with Crippen LogP contribution in [-0.4, -0.2) is 35.1 Å². The van der Waals surface area contributed by atoms with E-state index in [0.29, 0.717) is 17.8 Å². The quantitative estimate of drug-likeness (QED) is 0.730. The Hall–Kier alpha value is -2.37. The normalized spacial score (nSPS) is 15.9. The van der Waals surface area contributed by atoms with Crippen LogP contribution in [0.4, 0.5) is 5.69 Å². The second-order valence-corrected chi connectivity index (χ2v) is 6.63. The van der Waals surface area contributed by atoms with Gasteiger partial charge in [-0.2, -0.15) is 0 Å². The van der Waals surface area contributed by atoms with Crippen molar-refractivity contribution >= 4 is 11.6 Å². The number of hydrogen-bond acceptors (Lipinski definition) is 4. The fraction of sp³-hybridized carbons (Fsp3) is 0.350. The first-order valence-corrected chi connectivity index (χ1v) is 8.72. The first-order valence-electron chi connectivity index (χ1n) is 8.72. The third-order valence-corrected chi connectivity index (χ3v) is 4.59. The zero-order valence-electron chi connectivity index (χ0n) is 14.3. The van der Waals surface area contributed by atoms with Crippen molar-refractivity contribution in [2.45, 2.75) is 32.0 Å². The van der Waals surface area contributed by atoms with E-state index < -0.39 is 0 Å². The number of carbonyl (C=O) groups is 1. The average Bonchev–Trinajstić information content (AvgIpc) is 2.63. The monoisotopic (exact) mass is 339 g/mol. The van der Waals surface area contributed by atoms with Gasteiger partial charge in [-0.15, -0.1) is 0 Å². The summed E-state index contributed by atoms with van der Waals surface area (Å²) in [6.07, 6.45) is 1.57. The number of carbonyl (C=O) groups excluding carboxylic acids is 1. The molecule has 0 atom stereocenters. The molecule has 132 valence electrons. The number of nitrogens with zero attached hydrogens (tertiary/aromatic N) is 1. The maximum absolute atomic E-state index is 12.1. The summed E-state index contributed by atoms with van der Waals surface area (Å²) in [7, 11) is 0. The van der Waals surface area contributed by atoms with E-state index in [1.807, 2.05) is 12.1 Å². The number of benzene rings is 2. The Morgan fingerprint density at radius 3 is 2.48 bits per heavy atom. The van der Waals surface area contributed by atoms with Gasteiger partial charge in [0.05, 0.1) is 6.10 Å². The number of aliphatic hydroxyl groups is 1. The molecule has 5 heteroatoms. The molecule has 2 aromatic rings. The van der Waals surface area contributed by atoms with Gasteiger partial charge in [0.25, 0.3) is 5.91 Å². The summed E-state index contributed by atoms with van der Waals surface area (Å²) in [4.78, 5) is 14.5. The van der Waals surface area contributed by atoms with Gasteiger partial charge in [-0.3, -0.25) is 9.69 Å². The van der Waals surface area contributed by atoms with Crippen LogP contribution in [0.2, 0.25) is 0 Å². The Bertz CT molecular complexity index is 707. The van der Waals surface area contributed by atoms with Crippen LogP contribution in [0.15, 0.2) is 48.5 Å². The van der Waals surface area contributed by atoms with Gasteiger partial charge >= 0.3 is 0 Å². The molecule has 4 N–H and O–H groups in total. The van der Waals surface area contributed by atoms with E-state index in [1.54, 1.807) is 24.3 Å². The molecule has 0 aliphatic carbocycles. The van der Waals surface area contributed by atoms with Crippen LogP contribution >= 0.6 is 0 Å². The van der Waals surface area contributed by atoms with Crippen molar-refractivity contribution in [2.24, 2.45) is 0 Å². The summed E-state index contributed by atoms with van der Waals surface area (Å²) >= 11 is 0. The lowest BCUT2D eigenvalue weighted by Crippen LogP contribution is -2.35. The van der Waals surface area contributed by atoms with Crippen molar-refractivity contribution in [1.29, 1.82) is 0 Å². The SMILES string of the molecule is Nc1cccc(C(=O)NCc2ccc(CN3CCC(O)CC3)cc2)c1. The molecule has 1 aliphatic rings. The summed E-state index contributed by atoms with van der Waals surface area (Å²) in [5, 5.41) is 12.5. The smallest absolute Gasteiger partial charge is 0.251 e. The fourth-order valence-electron chi connectivity index (χ4n) is 3.06. The molecule has 1 amide bonds. The minimum Gasteiger partial charge on any atom is -0.399 e. The molecule has 1 heterocycles. The van der Waals surface area contributed by atoms with E-state index in [1.165, 1.54) is 5.56 Å². The van der Waals surface area contributed by atoms with Crippen molar-refractivity contribution in [3.63, 3.8) is 0 Å². The zero-order chi connectivity index (χ0) is 17.6. The molecular weight excluding hydrogens is 314 g/mol. The van der Waals surface area contributed by atoms with Crippen molar-refractivity contribution < 1.29 is 9.90 Å². The Balaban J connectivity index is 1.50. The molecule has 2 aromatic carbocycles. The first-order chi connectivity index (χ1) is 12.1. The second kappa shape index (κ2) is 8.14. The highest BCUT2D eigenvalue weighted by atomic mass is 16.3. The van der Waals surface area contributed by atoms with E-state index >= 15 is 0 Å². The summed E-state index contributed by atoms with van der Waals surface area (Å²) in [6.45, 7) is 3.28. The summed E-state index contributed by atoms with van der Waals surface area (Å²) < 4.78 is 0. The lowest BCUT2D eigenvalue weighted by atomic mass is 10.1. The highest BCUT2D eigenvalue weighted by molar-refractivity contribution is 5.94. The zero-order valence-corrected chi connectivity index (χ0v) is 14.3. The summed E-state index contributed by atoms with van der Waals surface area (Å²) in [5.41, 5.74) is 9.18. The molecule has 1 fully saturated rings. The third kappa shape index (κ3) is 5.05. The largest absolute Gasteiger partial charge is 0.399 e. The lowest BCUT2D eigenvalue weighted by molar-refractivity contribution is 0.0792. The Kier molecular flexibility index (Phi) is 5.68. The van der Waals surface area contributed by atoms with Crippen LogP contribution in [0.3, 0.4) is 0 Å². The fourth-order valence-corrected chi connectivity index (χ4v) is 3.06. The van der Waals surface area contributed by atoms with Crippen LogP contribution < -0.4 is 11.1 Å². The maximum atomic E-state index is 12.1. The maximum Gasteiger partial charge on any atom is 0.251 e. The minimum atomic E-state index is -0.137. The summed E-state index contributed by atoms with van der Waals surface area (Å²) in [5.74, 6) is -0.122. The van der Waals surface area contributed by atoms with Gasteiger partial charge in [0.15, 0.2) is 0 Å². The number of nitrogens with two attached hydrogens (primary N) is 1. The molecule has 0 spiro atoms. The predicted molar refractivity (Wildman–Crippen MR) is 99.0 cm³/mol. The van der Waals surface area contributed by atoms with Crippen LogP contribution in [0.1, 0.15) is 34.3 Å². The average molecular weight is 339 g/mol. The molecule has 0 bridgehead atoms. The van der Waals surface area contributed by atoms with Crippen molar-refractivity contribution in [2.75, 3.05) is 18.8 Å². The molecule has 0 aromatic heterocycles. The number of rotatable bonds is 5. The number of aliphatic hydroxyl groups excluding tert-OH is 1. The van der Waals surface area contributed by atoms with Crippen LogP contribution in [0, 0.1) is 0 Å². The van der Waals surface area contributed by atoms with Gasteiger partial charge in [-0.1, -0.05) is 30.3 Å². The number of anilines is 1. The third-order valence-electron chi connectivity index (χ3n) is 4.59. The highest BCUT2D eigenvalue weighted by Gasteiger charge is 2.16. The molecule has 1 saturated heterocycles. The number of piperidine rings is 1. The number of hydrogen-bond donors (Lipinski definition) is 3. The number of nitrogen functional groups attached to an aromatic ring is 1. The number of nitrogens with one attached hydrogen (secondary N) is 1. The predicted octanol–water partition coefficient (Wildman–Crippen LogP) is 2.16. The molecule has 0 saturated carbocycles. The molecule has 0 unspecified atom stereocenters. The van der Waals surface area contributed by atoms with Crippen LogP contribution in [-0.2, 0) is 13.1 Å². The van der Waals surface area contributed by atoms with Gasteiger partial charge in [-0.05, 0) is 42.2 Å². The molecule has 25 heavy (non-hydrogen) atoms. The van der Waals surface area contributed by atoms with Crippen LogP contribution in [0.5, 0.6) is 0 Å². The standard InChI is InChI=1S/C20H25N3O2/c21-18-3-1-2-17(12-18)20(25)22-13-15-4-6-16(7-5-15)14-23-10-8-19(24)9-11-23/h1-7,12,19,24H,8-11,13-14,21H2,(H,22,25). The summed E-state index contributed by atoms with van der Waals surface area (Å²) in [6, 6.07) is 15.3. The van der Waals surface area contributed by atoms with Gasteiger partial charge in [0.2, 0.25) is 0 Å². The first kappa shape index (κ1) is 17.5. The molecule has 3 rings (SSSR count). The van der Waals surface area contributed by atoms with E-state index in [4.69, 9.17) is 5.73 Å². The van der Waals surface area contributed by atoms with E-state index in [0.717, 1.165) is 38.0 Å². The molecular formula is C20H25N3O2. The van der Waals surface area contributed by atoms with E-state index in [2.05, 4.69) is 22.3 Å². The van der Waals surface area contributed by atoms with E-state index in [-0.39, 0.29) is 12.0 Å². The lowest BCUT2D eigenvalue weighted by Gasteiger charge is -2.29. The van der Waals surface area contributed by atoms with Crippen LogP contribution in [0.25, 0.3) is 0 Å². The highest BCUT2D eigenvalue weighted by Crippen LogP contribution is 2.14. The Morgan fingerprint density at radius 2 is 1.80 bits per heavy atom. The van der Waals surface area contributed by atoms with Gasteiger partial charge < -0.3 is 16.2 Å². The number of amides is 1. The Labute approximate surface area is 148 Å². The van der Waals surface area contributed by atoms with Crippen molar-refractivity contribution in [1.82, 2.24) is 10.2 Å². The molecule has 0 radical (unpaired) electrons. The van der Waals surface area contributed by atoms with Gasteiger partial charge in [0.1, 0.15) is 0 Å². The van der Waals surface area contributed by atoms with Crippen molar-refractivity contribution in [3.8, 4) is 0 Å². The Morgan fingerprint density at radius 1 is 1.12 bits per heavy atom. The van der Waals surface area contributed by atoms with Crippen molar-refractivity contribution in [3.05, 3.63) is 65.2 Å².